The molecular weight excluding hydrogens is 154 g/mol. The van der Waals surface area contributed by atoms with E-state index in [4.69, 9.17) is 10.00 Å². The molecule has 0 aliphatic rings. The van der Waals surface area contributed by atoms with Gasteiger partial charge in [-0.25, -0.2) is 4.98 Å². The highest BCUT2D eigenvalue weighted by molar-refractivity contribution is 5.12. The number of imidazole rings is 1. The molecule has 0 saturated carbocycles. The van der Waals surface area contributed by atoms with Crippen LogP contribution in [-0.4, -0.2) is 23.3 Å². The minimum Gasteiger partial charge on any atom is -0.383 e. The van der Waals surface area contributed by atoms with Crippen LogP contribution in [0.3, 0.4) is 0 Å². The standard InChI is InChI=1S/C8H11N3O/c1-7(6-12-2)11-4-3-10-8(11)5-9/h3-4,7H,6H2,1-2H3. The lowest BCUT2D eigenvalue weighted by Crippen LogP contribution is -2.11. The minimum atomic E-state index is 0.159. The number of nitriles is 1. The first kappa shape index (κ1) is 8.75. The first-order valence-corrected chi connectivity index (χ1v) is 3.71. The van der Waals surface area contributed by atoms with Gasteiger partial charge in [0.05, 0.1) is 12.6 Å². The van der Waals surface area contributed by atoms with Crippen molar-refractivity contribution in [2.75, 3.05) is 13.7 Å². The Labute approximate surface area is 71.4 Å². The minimum absolute atomic E-state index is 0.159. The number of rotatable bonds is 3. The van der Waals surface area contributed by atoms with E-state index < -0.39 is 0 Å². The Hall–Kier alpha value is -1.34. The van der Waals surface area contributed by atoms with Crippen molar-refractivity contribution < 1.29 is 4.74 Å². The molecule has 0 radical (unpaired) electrons. The lowest BCUT2D eigenvalue weighted by atomic mass is 10.3. The molecule has 1 aromatic heterocycles. The van der Waals surface area contributed by atoms with Crippen molar-refractivity contribution in [1.82, 2.24) is 9.55 Å². The maximum atomic E-state index is 8.65. The smallest absolute Gasteiger partial charge is 0.213 e. The molecule has 12 heavy (non-hydrogen) atoms. The molecule has 0 saturated heterocycles. The van der Waals surface area contributed by atoms with E-state index in [0.717, 1.165) is 0 Å². The average molecular weight is 165 g/mol. The fraction of sp³-hybridized carbons (Fsp3) is 0.500. The van der Waals surface area contributed by atoms with Gasteiger partial charge in [-0.05, 0) is 6.92 Å². The Morgan fingerprint density at radius 2 is 2.58 bits per heavy atom. The second kappa shape index (κ2) is 3.88. The molecule has 1 atom stereocenters. The summed E-state index contributed by atoms with van der Waals surface area (Å²) in [6.07, 6.45) is 3.40. The summed E-state index contributed by atoms with van der Waals surface area (Å²) in [5, 5.41) is 8.65. The molecule has 1 heterocycles. The zero-order valence-electron chi connectivity index (χ0n) is 7.19. The first-order chi connectivity index (χ1) is 5.79. The molecule has 4 nitrogen and oxygen atoms in total. The highest BCUT2D eigenvalue weighted by Crippen LogP contribution is 2.07. The van der Waals surface area contributed by atoms with Crippen molar-refractivity contribution in [2.45, 2.75) is 13.0 Å². The number of aromatic nitrogens is 2. The maximum absolute atomic E-state index is 8.65. The number of methoxy groups -OCH3 is 1. The summed E-state index contributed by atoms with van der Waals surface area (Å²) in [5.41, 5.74) is 0. The van der Waals surface area contributed by atoms with E-state index >= 15 is 0 Å². The van der Waals surface area contributed by atoms with Crippen LogP contribution in [-0.2, 0) is 4.74 Å². The van der Waals surface area contributed by atoms with Crippen LogP contribution in [0.2, 0.25) is 0 Å². The van der Waals surface area contributed by atoms with Gasteiger partial charge in [0.1, 0.15) is 6.07 Å². The van der Waals surface area contributed by atoms with Gasteiger partial charge in [-0.1, -0.05) is 0 Å². The molecule has 0 aromatic carbocycles. The molecule has 0 aliphatic carbocycles. The molecule has 1 aromatic rings. The van der Waals surface area contributed by atoms with E-state index in [2.05, 4.69) is 4.98 Å². The Morgan fingerprint density at radius 3 is 3.17 bits per heavy atom. The van der Waals surface area contributed by atoms with Gasteiger partial charge in [0, 0.05) is 19.5 Å². The topological polar surface area (TPSA) is 50.8 Å². The molecule has 4 heteroatoms. The Morgan fingerprint density at radius 1 is 1.83 bits per heavy atom. The van der Waals surface area contributed by atoms with Gasteiger partial charge >= 0.3 is 0 Å². The fourth-order valence-electron chi connectivity index (χ4n) is 1.08. The van der Waals surface area contributed by atoms with E-state index in [9.17, 15) is 0 Å². The summed E-state index contributed by atoms with van der Waals surface area (Å²) < 4.78 is 6.76. The van der Waals surface area contributed by atoms with Crippen LogP contribution in [0, 0.1) is 11.3 Å². The van der Waals surface area contributed by atoms with Crippen LogP contribution in [0.15, 0.2) is 12.4 Å². The zero-order valence-corrected chi connectivity index (χ0v) is 7.19. The quantitative estimate of drug-likeness (QED) is 0.670. The molecule has 0 aliphatic heterocycles. The largest absolute Gasteiger partial charge is 0.383 e. The molecule has 0 amide bonds. The van der Waals surface area contributed by atoms with E-state index in [0.29, 0.717) is 12.4 Å². The van der Waals surface area contributed by atoms with Crippen LogP contribution in [0.1, 0.15) is 18.8 Å². The van der Waals surface area contributed by atoms with E-state index in [1.807, 2.05) is 13.0 Å². The Balaban J connectivity index is 2.80. The highest BCUT2D eigenvalue weighted by atomic mass is 16.5. The molecule has 64 valence electrons. The van der Waals surface area contributed by atoms with Gasteiger partial charge in [0.2, 0.25) is 5.82 Å². The highest BCUT2D eigenvalue weighted by Gasteiger charge is 2.07. The predicted molar refractivity (Wildman–Crippen MR) is 43.5 cm³/mol. The summed E-state index contributed by atoms with van der Waals surface area (Å²) >= 11 is 0. The third-order valence-corrected chi connectivity index (χ3v) is 1.65. The summed E-state index contributed by atoms with van der Waals surface area (Å²) in [6.45, 7) is 2.57. The summed E-state index contributed by atoms with van der Waals surface area (Å²) in [5.74, 6) is 0.430. The predicted octanol–water partition coefficient (Wildman–Crippen LogP) is 0.962. The summed E-state index contributed by atoms with van der Waals surface area (Å²) in [6, 6.07) is 2.17. The monoisotopic (exact) mass is 165 g/mol. The first-order valence-electron chi connectivity index (χ1n) is 3.71. The normalized spacial score (nSPS) is 12.4. The van der Waals surface area contributed by atoms with E-state index in [1.165, 1.54) is 0 Å². The third kappa shape index (κ3) is 1.63. The Kier molecular flexibility index (Phi) is 2.83. The average Bonchev–Trinajstić information content (AvgIpc) is 2.51. The molecule has 0 spiro atoms. The third-order valence-electron chi connectivity index (χ3n) is 1.65. The Bertz CT molecular complexity index is 287. The SMILES string of the molecule is COCC(C)n1ccnc1C#N. The van der Waals surface area contributed by atoms with Gasteiger partial charge in [-0.15, -0.1) is 0 Å². The molecular formula is C8H11N3O. The lowest BCUT2D eigenvalue weighted by molar-refractivity contribution is 0.162. The van der Waals surface area contributed by atoms with Gasteiger partial charge in [-0.2, -0.15) is 5.26 Å². The van der Waals surface area contributed by atoms with Crippen molar-refractivity contribution in [3.63, 3.8) is 0 Å². The van der Waals surface area contributed by atoms with Gasteiger partial charge in [-0.3, -0.25) is 0 Å². The van der Waals surface area contributed by atoms with Gasteiger partial charge < -0.3 is 9.30 Å². The van der Waals surface area contributed by atoms with Gasteiger partial charge in [0.15, 0.2) is 0 Å². The van der Waals surface area contributed by atoms with Crippen molar-refractivity contribution >= 4 is 0 Å². The summed E-state index contributed by atoms with van der Waals surface area (Å²) in [4.78, 5) is 3.88. The second-order valence-corrected chi connectivity index (χ2v) is 2.57. The van der Waals surface area contributed by atoms with Crippen LogP contribution in [0.5, 0.6) is 0 Å². The van der Waals surface area contributed by atoms with Crippen molar-refractivity contribution in [1.29, 1.82) is 5.26 Å². The number of hydrogen-bond acceptors (Lipinski definition) is 3. The number of nitrogens with zero attached hydrogens (tertiary/aromatic N) is 3. The summed E-state index contributed by atoms with van der Waals surface area (Å²) in [7, 11) is 1.64. The lowest BCUT2D eigenvalue weighted by Gasteiger charge is -2.11. The number of ether oxygens (including phenoxy) is 1. The maximum Gasteiger partial charge on any atom is 0.213 e. The van der Waals surface area contributed by atoms with E-state index in [1.54, 1.807) is 24.1 Å². The molecule has 0 fully saturated rings. The molecule has 1 unspecified atom stereocenters. The molecule has 1 rings (SSSR count). The molecule has 0 bridgehead atoms. The van der Waals surface area contributed by atoms with Gasteiger partial charge in [0.25, 0.3) is 0 Å². The number of hydrogen-bond donors (Lipinski definition) is 0. The molecule has 0 N–H and O–H groups in total. The second-order valence-electron chi connectivity index (χ2n) is 2.57. The van der Waals surface area contributed by atoms with Crippen LogP contribution >= 0.6 is 0 Å². The van der Waals surface area contributed by atoms with Crippen molar-refractivity contribution in [2.24, 2.45) is 0 Å². The zero-order chi connectivity index (χ0) is 8.97. The van der Waals surface area contributed by atoms with Crippen molar-refractivity contribution in [3.8, 4) is 6.07 Å². The fourth-order valence-corrected chi connectivity index (χ4v) is 1.08. The van der Waals surface area contributed by atoms with E-state index in [-0.39, 0.29) is 6.04 Å². The van der Waals surface area contributed by atoms with Crippen molar-refractivity contribution in [3.05, 3.63) is 18.2 Å². The van der Waals surface area contributed by atoms with Crippen LogP contribution in [0.25, 0.3) is 0 Å². The van der Waals surface area contributed by atoms with Crippen LogP contribution < -0.4 is 0 Å². The van der Waals surface area contributed by atoms with Crippen LogP contribution in [0.4, 0.5) is 0 Å².